The number of rotatable bonds is 3. The number of imide groups is 1. The number of halogens is 2. The number of urea groups is 1. The van der Waals surface area contributed by atoms with Crippen LogP contribution in [0, 0.1) is 0 Å². The predicted molar refractivity (Wildman–Crippen MR) is 56.5 cm³/mol. The molecule has 16 heavy (non-hydrogen) atoms. The summed E-state index contributed by atoms with van der Waals surface area (Å²) in [6.07, 6.45) is -1.94. The van der Waals surface area contributed by atoms with Crippen molar-refractivity contribution in [3.05, 3.63) is 0 Å². The van der Waals surface area contributed by atoms with Crippen molar-refractivity contribution in [3.8, 4) is 0 Å². The fraction of sp³-hybridized carbons (Fsp3) is 0.571. The monoisotopic (exact) mass is 357 g/mol. The maximum absolute atomic E-state index is 11.3. The second kappa shape index (κ2) is 4.68. The lowest BCUT2D eigenvalue weighted by Crippen LogP contribution is -2.65. The highest BCUT2D eigenvalue weighted by molar-refractivity contribution is 9.26. The van der Waals surface area contributed by atoms with Crippen LogP contribution < -0.4 is 10.4 Å². The van der Waals surface area contributed by atoms with Crippen molar-refractivity contribution in [1.82, 2.24) is 10.2 Å². The Morgan fingerprint density at radius 3 is 2.62 bits per heavy atom. The third kappa shape index (κ3) is 2.53. The van der Waals surface area contributed by atoms with E-state index >= 15 is 0 Å². The molecule has 0 spiro atoms. The Hall–Kier alpha value is -0.670. The molecular formula is C7H7Br2N2O5-. The van der Waals surface area contributed by atoms with Crippen molar-refractivity contribution in [3.63, 3.8) is 0 Å². The highest BCUT2D eigenvalue weighted by atomic mass is 79.9. The molecule has 0 aromatic rings. The molecule has 1 aliphatic rings. The topological polar surface area (TPSA) is 110 Å². The van der Waals surface area contributed by atoms with E-state index in [1.54, 1.807) is 0 Å². The molecule has 0 aromatic heterocycles. The summed E-state index contributed by atoms with van der Waals surface area (Å²) in [5, 5.41) is 21.9. The van der Waals surface area contributed by atoms with E-state index in [0.29, 0.717) is 0 Å². The lowest BCUT2D eigenvalue weighted by molar-refractivity contribution is -0.305. The van der Waals surface area contributed by atoms with Crippen molar-refractivity contribution in [1.29, 1.82) is 0 Å². The Morgan fingerprint density at radius 1 is 1.56 bits per heavy atom. The summed E-state index contributed by atoms with van der Waals surface area (Å²) >= 11 is 5.79. The number of carbonyl (C=O) groups is 3. The number of amides is 3. The average molecular weight is 359 g/mol. The van der Waals surface area contributed by atoms with Gasteiger partial charge in [-0.3, -0.25) is 15.0 Å². The van der Waals surface area contributed by atoms with Crippen molar-refractivity contribution in [2.45, 2.75) is 15.9 Å². The van der Waals surface area contributed by atoms with Crippen LogP contribution in [0.25, 0.3) is 0 Å². The lowest BCUT2D eigenvalue weighted by atomic mass is 10.2. The van der Waals surface area contributed by atoms with Crippen LogP contribution >= 0.6 is 31.9 Å². The third-order valence-corrected chi connectivity index (χ3v) is 3.50. The quantitative estimate of drug-likeness (QED) is 0.595. The minimum absolute atomic E-state index is 0.262. The van der Waals surface area contributed by atoms with Crippen LogP contribution in [0.1, 0.15) is 6.42 Å². The number of nitrogens with one attached hydrogen (secondary N) is 1. The van der Waals surface area contributed by atoms with Gasteiger partial charge in [0, 0.05) is 18.9 Å². The van der Waals surface area contributed by atoms with Crippen LogP contribution in [-0.4, -0.2) is 43.9 Å². The fourth-order valence-corrected chi connectivity index (χ4v) is 1.80. The number of nitrogens with zero attached hydrogens (tertiary/aromatic N) is 1. The molecular weight excluding hydrogens is 352 g/mol. The Bertz CT molecular complexity index is 346. The molecule has 3 amide bonds. The summed E-state index contributed by atoms with van der Waals surface area (Å²) in [5.41, 5.74) is 0. The molecule has 0 saturated carbocycles. The summed E-state index contributed by atoms with van der Waals surface area (Å²) < 4.78 is -1.54. The highest BCUT2D eigenvalue weighted by Crippen LogP contribution is 2.34. The van der Waals surface area contributed by atoms with Crippen molar-refractivity contribution < 1.29 is 24.6 Å². The summed E-state index contributed by atoms with van der Waals surface area (Å²) in [6, 6.07) is -0.853. The first-order valence-electron chi connectivity index (χ1n) is 4.14. The van der Waals surface area contributed by atoms with E-state index in [-0.39, 0.29) is 6.54 Å². The number of carboxylic acid groups (broad SMARTS) is 1. The van der Waals surface area contributed by atoms with Crippen LogP contribution in [0.4, 0.5) is 4.79 Å². The van der Waals surface area contributed by atoms with E-state index in [1.807, 2.05) is 5.32 Å². The first-order valence-corrected chi connectivity index (χ1v) is 5.73. The normalized spacial score (nSPS) is 24.2. The van der Waals surface area contributed by atoms with Gasteiger partial charge in [0.25, 0.3) is 5.91 Å². The first-order chi connectivity index (χ1) is 7.26. The van der Waals surface area contributed by atoms with E-state index < -0.39 is 33.8 Å². The molecule has 1 atom stereocenters. The van der Waals surface area contributed by atoms with Gasteiger partial charge in [-0.2, -0.15) is 0 Å². The molecule has 0 unspecified atom stereocenters. The molecule has 1 saturated heterocycles. The predicted octanol–water partition coefficient (Wildman–Crippen LogP) is -1.52. The van der Waals surface area contributed by atoms with Gasteiger partial charge in [-0.1, -0.05) is 31.9 Å². The Kier molecular flexibility index (Phi) is 3.92. The SMILES string of the molecule is O=C([O-])CCN1C(=O)NC(=O)C(Br)(Br)[C@@H]1O. The molecule has 0 radical (unpaired) electrons. The molecule has 0 bridgehead atoms. The summed E-state index contributed by atoms with van der Waals surface area (Å²) in [7, 11) is 0. The van der Waals surface area contributed by atoms with Gasteiger partial charge >= 0.3 is 6.03 Å². The van der Waals surface area contributed by atoms with E-state index in [1.165, 1.54) is 0 Å². The van der Waals surface area contributed by atoms with Crippen molar-refractivity contribution in [2.24, 2.45) is 0 Å². The number of aliphatic hydroxyl groups is 1. The van der Waals surface area contributed by atoms with Gasteiger partial charge in [0.15, 0.2) is 6.23 Å². The second-order valence-corrected chi connectivity index (χ2v) is 6.64. The van der Waals surface area contributed by atoms with Gasteiger partial charge in [0.05, 0.1) is 0 Å². The largest absolute Gasteiger partial charge is 0.550 e. The number of aliphatic hydroxyl groups excluding tert-OH is 1. The number of carbonyl (C=O) groups excluding carboxylic acids is 3. The molecule has 1 fully saturated rings. The van der Waals surface area contributed by atoms with E-state index in [0.717, 1.165) is 4.90 Å². The standard InChI is InChI=1S/C7H8Br2N2O5/c8-7(9)4(14)10-6(16)11(5(7)15)2-1-3(12)13/h5,15H,1-2H2,(H,12,13)(H,10,14,16)/p-1/t5-/m0/s1. The van der Waals surface area contributed by atoms with E-state index in [4.69, 9.17) is 0 Å². The number of hydrogen-bond acceptors (Lipinski definition) is 5. The smallest absolute Gasteiger partial charge is 0.326 e. The van der Waals surface area contributed by atoms with Gasteiger partial charge in [0.1, 0.15) is 0 Å². The summed E-state index contributed by atoms with van der Waals surface area (Å²) in [4.78, 5) is 33.6. The lowest BCUT2D eigenvalue weighted by Gasteiger charge is -2.39. The molecule has 7 nitrogen and oxygen atoms in total. The first kappa shape index (κ1) is 13.4. The van der Waals surface area contributed by atoms with Gasteiger partial charge in [-0.05, 0) is 0 Å². The zero-order valence-electron chi connectivity index (χ0n) is 7.77. The molecule has 1 aliphatic heterocycles. The van der Waals surface area contributed by atoms with Crippen molar-refractivity contribution >= 4 is 49.8 Å². The molecule has 1 heterocycles. The van der Waals surface area contributed by atoms with Crippen LogP contribution in [0.2, 0.25) is 0 Å². The number of aliphatic carboxylic acids is 1. The van der Waals surface area contributed by atoms with Crippen LogP contribution in [0.3, 0.4) is 0 Å². The number of alkyl halides is 2. The van der Waals surface area contributed by atoms with Crippen LogP contribution in [-0.2, 0) is 9.59 Å². The van der Waals surface area contributed by atoms with Gasteiger partial charge in [-0.15, -0.1) is 0 Å². The molecule has 0 aliphatic carbocycles. The van der Waals surface area contributed by atoms with E-state index in [9.17, 15) is 24.6 Å². The summed E-state index contributed by atoms with van der Waals surface area (Å²) in [6.45, 7) is -0.262. The molecule has 1 rings (SSSR count). The van der Waals surface area contributed by atoms with Crippen LogP contribution in [0.5, 0.6) is 0 Å². The fourth-order valence-electron chi connectivity index (χ4n) is 1.11. The zero-order valence-corrected chi connectivity index (χ0v) is 10.9. The maximum atomic E-state index is 11.3. The zero-order chi connectivity index (χ0) is 12.5. The minimum atomic E-state index is -1.54. The van der Waals surface area contributed by atoms with Gasteiger partial charge in [0.2, 0.25) is 3.23 Å². The maximum Gasteiger partial charge on any atom is 0.326 e. The molecule has 0 aromatic carbocycles. The van der Waals surface area contributed by atoms with Crippen LogP contribution in [0.15, 0.2) is 0 Å². The third-order valence-electron chi connectivity index (χ3n) is 1.96. The van der Waals surface area contributed by atoms with Gasteiger partial charge < -0.3 is 15.0 Å². The number of carboxylic acids is 1. The highest BCUT2D eigenvalue weighted by Gasteiger charge is 2.50. The van der Waals surface area contributed by atoms with Crippen molar-refractivity contribution in [2.75, 3.05) is 6.54 Å². The average Bonchev–Trinajstić information content (AvgIpc) is 2.15. The van der Waals surface area contributed by atoms with Gasteiger partial charge in [-0.25, -0.2) is 4.79 Å². The second-order valence-electron chi connectivity index (χ2n) is 3.07. The molecule has 90 valence electrons. The number of hydrogen-bond donors (Lipinski definition) is 2. The minimum Gasteiger partial charge on any atom is -0.550 e. The molecule has 2 N–H and O–H groups in total. The Balaban J connectivity index is 2.80. The Morgan fingerprint density at radius 2 is 2.12 bits per heavy atom. The van der Waals surface area contributed by atoms with E-state index in [2.05, 4.69) is 31.9 Å². The molecule has 9 heteroatoms. The summed E-state index contributed by atoms with van der Waals surface area (Å²) in [5.74, 6) is -2.11. The Labute approximate surface area is 107 Å².